The van der Waals surface area contributed by atoms with Crippen molar-refractivity contribution in [2.24, 2.45) is 0 Å². The number of carbonyl (C=O) groups is 1. The van der Waals surface area contributed by atoms with Crippen LogP contribution in [0.2, 0.25) is 0 Å². The third kappa shape index (κ3) is 4.52. The summed E-state index contributed by atoms with van der Waals surface area (Å²) < 4.78 is 31.8. The number of likely N-dealkylation sites (N-methyl/N-ethyl adjacent to an activating group) is 1. The SMILES string of the molecule is CNC(=O)Cc1ccccc1COc1ccc(C)cc1C(F)F. The maximum absolute atomic E-state index is 13.1. The summed E-state index contributed by atoms with van der Waals surface area (Å²) in [6.45, 7) is 1.89. The molecule has 0 saturated heterocycles. The molecule has 23 heavy (non-hydrogen) atoms. The number of nitrogens with one attached hydrogen (secondary N) is 1. The van der Waals surface area contributed by atoms with Crippen LogP contribution in [0, 0.1) is 6.92 Å². The van der Waals surface area contributed by atoms with Gasteiger partial charge in [0, 0.05) is 7.05 Å². The highest BCUT2D eigenvalue weighted by Gasteiger charge is 2.15. The van der Waals surface area contributed by atoms with Crippen LogP contribution in [0.4, 0.5) is 8.78 Å². The van der Waals surface area contributed by atoms with Crippen molar-refractivity contribution in [2.75, 3.05) is 7.05 Å². The zero-order chi connectivity index (χ0) is 16.8. The van der Waals surface area contributed by atoms with Gasteiger partial charge in [-0.3, -0.25) is 4.79 Å². The molecule has 0 spiro atoms. The zero-order valence-electron chi connectivity index (χ0n) is 13.1. The van der Waals surface area contributed by atoms with Gasteiger partial charge in [0.25, 0.3) is 6.43 Å². The number of hydrogen-bond acceptors (Lipinski definition) is 2. The van der Waals surface area contributed by atoms with Gasteiger partial charge >= 0.3 is 0 Å². The molecule has 1 amide bonds. The smallest absolute Gasteiger partial charge is 0.267 e. The van der Waals surface area contributed by atoms with Crippen molar-refractivity contribution >= 4 is 5.91 Å². The van der Waals surface area contributed by atoms with Crippen LogP contribution in [0.3, 0.4) is 0 Å². The Kier molecular flexibility index (Phi) is 5.68. The topological polar surface area (TPSA) is 38.3 Å². The second-order valence-electron chi connectivity index (χ2n) is 5.25. The van der Waals surface area contributed by atoms with E-state index >= 15 is 0 Å². The number of halogens is 2. The van der Waals surface area contributed by atoms with Crippen molar-refractivity contribution in [3.05, 3.63) is 64.7 Å². The molecule has 2 rings (SSSR count). The number of alkyl halides is 2. The summed E-state index contributed by atoms with van der Waals surface area (Å²) in [4.78, 5) is 11.5. The molecular weight excluding hydrogens is 300 g/mol. The first kappa shape index (κ1) is 16.9. The van der Waals surface area contributed by atoms with Crippen LogP contribution in [0.15, 0.2) is 42.5 Å². The summed E-state index contributed by atoms with van der Waals surface area (Å²) in [5.74, 6) is 0.0569. The molecule has 0 bridgehead atoms. The Morgan fingerprint density at radius 1 is 1.17 bits per heavy atom. The van der Waals surface area contributed by atoms with Crippen LogP contribution in [-0.2, 0) is 17.8 Å². The van der Waals surface area contributed by atoms with E-state index in [0.717, 1.165) is 16.7 Å². The highest BCUT2D eigenvalue weighted by molar-refractivity contribution is 5.78. The Labute approximate surface area is 134 Å². The largest absolute Gasteiger partial charge is 0.488 e. The summed E-state index contributed by atoms with van der Waals surface area (Å²) in [7, 11) is 1.57. The Bertz CT molecular complexity index is 686. The molecule has 1 N–H and O–H groups in total. The van der Waals surface area contributed by atoms with Gasteiger partial charge in [-0.15, -0.1) is 0 Å². The highest BCUT2D eigenvalue weighted by atomic mass is 19.3. The predicted molar refractivity (Wildman–Crippen MR) is 84.7 cm³/mol. The van der Waals surface area contributed by atoms with Crippen molar-refractivity contribution in [1.82, 2.24) is 5.32 Å². The lowest BCUT2D eigenvalue weighted by molar-refractivity contribution is -0.119. The summed E-state index contributed by atoms with van der Waals surface area (Å²) in [5.41, 5.74) is 2.26. The van der Waals surface area contributed by atoms with Gasteiger partial charge in [0.1, 0.15) is 12.4 Å². The lowest BCUT2D eigenvalue weighted by Crippen LogP contribution is -2.20. The average molecular weight is 319 g/mol. The van der Waals surface area contributed by atoms with Gasteiger partial charge in [-0.1, -0.05) is 35.9 Å². The van der Waals surface area contributed by atoms with Crippen LogP contribution < -0.4 is 10.1 Å². The Morgan fingerprint density at radius 2 is 1.87 bits per heavy atom. The number of carbonyl (C=O) groups excluding carboxylic acids is 1. The minimum absolute atomic E-state index is 0.110. The molecule has 0 aliphatic carbocycles. The molecular formula is C18H19F2NO2. The van der Waals surface area contributed by atoms with E-state index in [0.29, 0.717) is 0 Å². The van der Waals surface area contributed by atoms with Crippen molar-refractivity contribution in [3.8, 4) is 5.75 Å². The van der Waals surface area contributed by atoms with E-state index in [1.807, 2.05) is 24.3 Å². The minimum atomic E-state index is -2.59. The van der Waals surface area contributed by atoms with E-state index in [1.165, 1.54) is 6.07 Å². The molecule has 5 heteroatoms. The first-order valence-corrected chi connectivity index (χ1v) is 7.30. The molecule has 0 aliphatic heterocycles. The lowest BCUT2D eigenvalue weighted by atomic mass is 10.0. The molecule has 0 atom stereocenters. The minimum Gasteiger partial charge on any atom is -0.488 e. The van der Waals surface area contributed by atoms with Gasteiger partial charge in [-0.2, -0.15) is 0 Å². The highest BCUT2D eigenvalue weighted by Crippen LogP contribution is 2.30. The predicted octanol–water partition coefficient (Wildman–Crippen LogP) is 3.80. The first-order valence-electron chi connectivity index (χ1n) is 7.30. The molecule has 3 nitrogen and oxygen atoms in total. The number of rotatable bonds is 6. The van der Waals surface area contributed by atoms with Crippen molar-refractivity contribution in [3.63, 3.8) is 0 Å². The van der Waals surface area contributed by atoms with Gasteiger partial charge in [0.05, 0.1) is 12.0 Å². The quantitative estimate of drug-likeness (QED) is 0.879. The molecule has 0 fully saturated rings. The summed E-state index contributed by atoms with van der Waals surface area (Å²) in [6, 6.07) is 12.0. The monoisotopic (exact) mass is 319 g/mol. The van der Waals surface area contributed by atoms with Crippen LogP contribution in [-0.4, -0.2) is 13.0 Å². The van der Waals surface area contributed by atoms with Gasteiger partial charge in [0.2, 0.25) is 5.91 Å². The molecule has 0 aromatic heterocycles. The van der Waals surface area contributed by atoms with E-state index in [2.05, 4.69) is 5.32 Å². The van der Waals surface area contributed by atoms with Crippen LogP contribution in [0.1, 0.15) is 28.7 Å². The van der Waals surface area contributed by atoms with E-state index in [1.54, 1.807) is 26.1 Å². The third-order valence-corrected chi connectivity index (χ3v) is 3.53. The zero-order valence-corrected chi connectivity index (χ0v) is 13.1. The first-order chi connectivity index (χ1) is 11.0. The van der Waals surface area contributed by atoms with Crippen LogP contribution in [0.5, 0.6) is 5.75 Å². The van der Waals surface area contributed by atoms with E-state index in [9.17, 15) is 13.6 Å². The number of benzene rings is 2. The fourth-order valence-electron chi connectivity index (χ4n) is 2.26. The Hall–Kier alpha value is -2.43. The lowest BCUT2D eigenvalue weighted by Gasteiger charge is -2.14. The number of aryl methyl sites for hydroxylation is 1. The van der Waals surface area contributed by atoms with E-state index in [-0.39, 0.29) is 30.2 Å². The van der Waals surface area contributed by atoms with Crippen LogP contribution >= 0.6 is 0 Å². The molecule has 0 saturated carbocycles. The molecule has 2 aromatic carbocycles. The van der Waals surface area contributed by atoms with E-state index in [4.69, 9.17) is 4.74 Å². The summed E-state index contributed by atoms with van der Waals surface area (Å²) >= 11 is 0. The van der Waals surface area contributed by atoms with Crippen LogP contribution in [0.25, 0.3) is 0 Å². The third-order valence-electron chi connectivity index (χ3n) is 3.53. The standard InChI is InChI=1S/C18H19F2NO2/c1-12-7-8-16(15(9-12)18(19)20)23-11-14-6-4-3-5-13(14)10-17(22)21-2/h3-9,18H,10-11H2,1-2H3,(H,21,22). The van der Waals surface area contributed by atoms with E-state index < -0.39 is 6.43 Å². The summed E-state index contributed by atoms with van der Waals surface area (Å²) in [5, 5.41) is 2.57. The summed E-state index contributed by atoms with van der Waals surface area (Å²) in [6.07, 6.45) is -2.36. The fourth-order valence-corrected chi connectivity index (χ4v) is 2.26. The fraction of sp³-hybridized carbons (Fsp3) is 0.278. The second kappa shape index (κ2) is 7.72. The molecule has 122 valence electrons. The van der Waals surface area contributed by atoms with Crippen molar-refractivity contribution in [1.29, 1.82) is 0 Å². The molecule has 0 aliphatic rings. The maximum Gasteiger partial charge on any atom is 0.267 e. The molecule has 0 heterocycles. The number of hydrogen-bond donors (Lipinski definition) is 1. The maximum atomic E-state index is 13.1. The Balaban J connectivity index is 2.17. The van der Waals surface area contributed by atoms with Crippen molar-refractivity contribution in [2.45, 2.75) is 26.4 Å². The second-order valence-corrected chi connectivity index (χ2v) is 5.25. The Morgan fingerprint density at radius 3 is 2.52 bits per heavy atom. The number of amides is 1. The van der Waals surface area contributed by atoms with Gasteiger partial charge in [0.15, 0.2) is 0 Å². The molecule has 2 aromatic rings. The van der Waals surface area contributed by atoms with Gasteiger partial charge in [-0.05, 0) is 30.2 Å². The van der Waals surface area contributed by atoms with Gasteiger partial charge in [-0.25, -0.2) is 8.78 Å². The molecule has 0 radical (unpaired) electrons. The number of ether oxygens (including phenoxy) is 1. The van der Waals surface area contributed by atoms with Gasteiger partial charge < -0.3 is 10.1 Å². The van der Waals surface area contributed by atoms with Crippen molar-refractivity contribution < 1.29 is 18.3 Å². The normalized spacial score (nSPS) is 10.7. The average Bonchev–Trinajstić information content (AvgIpc) is 2.54. The molecule has 0 unspecified atom stereocenters.